The summed E-state index contributed by atoms with van der Waals surface area (Å²) in [6, 6.07) is 7.86. The summed E-state index contributed by atoms with van der Waals surface area (Å²) in [6.45, 7) is 9.29. The van der Waals surface area contributed by atoms with Gasteiger partial charge in [0.2, 0.25) is 5.91 Å². The molecule has 1 aromatic heterocycles. The van der Waals surface area contributed by atoms with Gasteiger partial charge in [0.25, 0.3) is 0 Å². The number of guanidine groups is 1. The number of carbonyl (C=O) groups excluding carboxylic acids is 1. The summed E-state index contributed by atoms with van der Waals surface area (Å²) in [4.78, 5) is 16.4. The molecular formula is C21H32N6O. The number of aliphatic imine (C=N–C) groups is 1. The molecule has 0 saturated heterocycles. The van der Waals surface area contributed by atoms with Crippen molar-refractivity contribution in [1.82, 2.24) is 20.4 Å². The molecule has 0 aliphatic heterocycles. The number of hydrogen-bond acceptors (Lipinski definition) is 3. The van der Waals surface area contributed by atoms with Crippen LogP contribution in [-0.4, -0.2) is 28.7 Å². The third-order valence-electron chi connectivity index (χ3n) is 5.03. The Morgan fingerprint density at radius 2 is 1.96 bits per heavy atom. The van der Waals surface area contributed by atoms with Gasteiger partial charge >= 0.3 is 0 Å². The molecule has 0 aliphatic carbocycles. The lowest BCUT2D eigenvalue weighted by molar-refractivity contribution is -0.119. The van der Waals surface area contributed by atoms with Crippen LogP contribution in [0, 0.1) is 19.8 Å². The number of carbonyl (C=O) groups is 1. The lowest BCUT2D eigenvalue weighted by Crippen LogP contribution is -2.36. The highest BCUT2D eigenvalue weighted by Gasteiger charge is 2.11. The Labute approximate surface area is 167 Å². The summed E-state index contributed by atoms with van der Waals surface area (Å²) in [5.74, 6) is 0.771. The highest BCUT2D eigenvalue weighted by molar-refractivity contribution is 5.92. The molecule has 0 spiro atoms. The minimum atomic E-state index is 0.00389. The van der Waals surface area contributed by atoms with E-state index in [0.717, 1.165) is 35.0 Å². The maximum Gasteiger partial charge on any atom is 0.227 e. The number of aryl methyl sites for hydroxylation is 2. The van der Waals surface area contributed by atoms with E-state index in [-0.39, 0.29) is 11.8 Å². The first-order valence-electron chi connectivity index (χ1n) is 9.69. The molecule has 7 nitrogen and oxygen atoms in total. The van der Waals surface area contributed by atoms with Crippen LogP contribution in [0.1, 0.15) is 42.8 Å². The first-order chi connectivity index (χ1) is 13.3. The number of nitrogens with zero attached hydrogens (tertiary/aromatic N) is 3. The van der Waals surface area contributed by atoms with Crippen LogP contribution < -0.4 is 16.0 Å². The molecule has 28 heavy (non-hydrogen) atoms. The minimum absolute atomic E-state index is 0.00389. The lowest BCUT2D eigenvalue weighted by atomic mass is 10.1. The largest absolute Gasteiger partial charge is 0.352 e. The Morgan fingerprint density at radius 3 is 2.57 bits per heavy atom. The first-order valence-corrected chi connectivity index (χ1v) is 9.69. The Morgan fingerprint density at radius 1 is 1.25 bits per heavy atom. The van der Waals surface area contributed by atoms with E-state index in [1.165, 1.54) is 5.56 Å². The Kier molecular flexibility index (Phi) is 7.61. The molecule has 3 N–H and O–H groups in total. The second kappa shape index (κ2) is 9.92. The van der Waals surface area contributed by atoms with Gasteiger partial charge in [0, 0.05) is 50.0 Å². The number of nitrogens with one attached hydrogen (secondary N) is 3. The number of amides is 1. The van der Waals surface area contributed by atoms with Gasteiger partial charge in [-0.2, -0.15) is 5.10 Å². The Balaban J connectivity index is 1.93. The summed E-state index contributed by atoms with van der Waals surface area (Å²) in [7, 11) is 3.70. The van der Waals surface area contributed by atoms with Crippen molar-refractivity contribution in [3.05, 3.63) is 46.8 Å². The van der Waals surface area contributed by atoms with Crippen molar-refractivity contribution >= 4 is 17.6 Å². The van der Waals surface area contributed by atoms with Crippen LogP contribution in [0.2, 0.25) is 0 Å². The Hall–Kier alpha value is -2.83. The van der Waals surface area contributed by atoms with Crippen molar-refractivity contribution in [1.29, 1.82) is 0 Å². The van der Waals surface area contributed by atoms with Crippen LogP contribution >= 0.6 is 0 Å². The molecule has 1 unspecified atom stereocenters. The van der Waals surface area contributed by atoms with Gasteiger partial charge in [-0.1, -0.05) is 26.0 Å². The van der Waals surface area contributed by atoms with Crippen LogP contribution in [0.4, 0.5) is 5.69 Å². The summed E-state index contributed by atoms with van der Waals surface area (Å²) in [5.41, 5.74) is 5.23. The van der Waals surface area contributed by atoms with Crippen molar-refractivity contribution in [2.45, 2.75) is 47.2 Å². The standard InChI is InChI=1S/C21H32N6O/c1-7-14(2)20(28)25-18-10-8-9-17(11-18)12-23-21(22-5)24-13-19-15(3)26-27(6)16(19)4/h8-11,14H,7,12-13H2,1-6H3,(H,25,28)(H2,22,23,24). The van der Waals surface area contributed by atoms with Gasteiger partial charge in [-0.15, -0.1) is 0 Å². The molecule has 1 heterocycles. The SMILES string of the molecule is CCC(C)C(=O)Nc1cccc(CNC(=NC)NCc2c(C)nn(C)c2C)c1. The molecule has 1 aromatic carbocycles. The van der Waals surface area contributed by atoms with Gasteiger partial charge in [-0.25, -0.2) is 0 Å². The topological polar surface area (TPSA) is 83.3 Å². The normalized spacial score (nSPS) is 12.6. The smallest absolute Gasteiger partial charge is 0.227 e. The highest BCUT2D eigenvalue weighted by Crippen LogP contribution is 2.13. The van der Waals surface area contributed by atoms with Crippen molar-refractivity contribution in [2.24, 2.45) is 18.0 Å². The van der Waals surface area contributed by atoms with E-state index in [9.17, 15) is 4.79 Å². The van der Waals surface area contributed by atoms with Gasteiger partial charge in [0.05, 0.1) is 5.69 Å². The van der Waals surface area contributed by atoms with Crippen molar-refractivity contribution in [3.8, 4) is 0 Å². The Bertz CT molecular complexity index is 839. The molecule has 0 fully saturated rings. The summed E-state index contributed by atoms with van der Waals surface area (Å²) in [5, 5.41) is 14.1. The third-order valence-corrected chi connectivity index (χ3v) is 5.03. The monoisotopic (exact) mass is 384 g/mol. The molecule has 2 aromatic rings. The number of hydrogen-bond donors (Lipinski definition) is 3. The zero-order valence-electron chi connectivity index (χ0n) is 17.8. The summed E-state index contributed by atoms with van der Waals surface area (Å²) >= 11 is 0. The van der Waals surface area contributed by atoms with E-state index >= 15 is 0 Å². The third kappa shape index (κ3) is 5.58. The molecule has 1 atom stereocenters. The fraction of sp³-hybridized carbons (Fsp3) is 0.476. The molecule has 7 heteroatoms. The lowest BCUT2D eigenvalue weighted by Gasteiger charge is -2.14. The van der Waals surface area contributed by atoms with Crippen molar-refractivity contribution in [2.75, 3.05) is 12.4 Å². The molecule has 1 amide bonds. The van der Waals surface area contributed by atoms with Crippen molar-refractivity contribution < 1.29 is 4.79 Å². The first kappa shape index (κ1) is 21.5. The van der Waals surface area contributed by atoms with Crippen LogP contribution in [0.25, 0.3) is 0 Å². The van der Waals surface area contributed by atoms with E-state index in [0.29, 0.717) is 13.1 Å². The average Bonchev–Trinajstić information content (AvgIpc) is 2.93. The fourth-order valence-corrected chi connectivity index (χ4v) is 2.86. The number of benzene rings is 1. The molecule has 2 rings (SSSR count). The second-order valence-electron chi connectivity index (χ2n) is 7.05. The number of aromatic nitrogens is 2. The zero-order valence-corrected chi connectivity index (χ0v) is 17.8. The maximum atomic E-state index is 12.1. The molecular weight excluding hydrogens is 352 g/mol. The fourth-order valence-electron chi connectivity index (χ4n) is 2.86. The molecule has 0 bridgehead atoms. The van der Waals surface area contributed by atoms with E-state index in [1.807, 2.05) is 56.8 Å². The maximum absolute atomic E-state index is 12.1. The molecule has 0 aliphatic rings. The quantitative estimate of drug-likeness (QED) is 0.506. The van der Waals surface area contributed by atoms with Gasteiger partial charge in [0.1, 0.15) is 0 Å². The van der Waals surface area contributed by atoms with Gasteiger partial charge in [-0.3, -0.25) is 14.5 Å². The molecule has 0 saturated carbocycles. The van der Waals surface area contributed by atoms with Crippen LogP contribution in [0.3, 0.4) is 0 Å². The van der Waals surface area contributed by atoms with E-state index in [2.05, 4.69) is 33.0 Å². The van der Waals surface area contributed by atoms with Crippen molar-refractivity contribution in [3.63, 3.8) is 0 Å². The predicted octanol–water partition coefficient (Wildman–Crippen LogP) is 2.89. The van der Waals surface area contributed by atoms with Crippen LogP contribution in [-0.2, 0) is 24.9 Å². The van der Waals surface area contributed by atoms with Crippen LogP contribution in [0.15, 0.2) is 29.3 Å². The van der Waals surface area contributed by atoms with Gasteiger partial charge in [-0.05, 0) is 38.0 Å². The minimum Gasteiger partial charge on any atom is -0.352 e. The zero-order chi connectivity index (χ0) is 20.7. The summed E-state index contributed by atoms with van der Waals surface area (Å²) in [6.07, 6.45) is 0.824. The van der Waals surface area contributed by atoms with E-state index < -0.39 is 0 Å². The predicted molar refractivity (Wildman–Crippen MR) is 114 cm³/mol. The van der Waals surface area contributed by atoms with Crippen LogP contribution in [0.5, 0.6) is 0 Å². The molecule has 0 radical (unpaired) electrons. The average molecular weight is 385 g/mol. The number of rotatable bonds is 7. The number of anilines is 1. The second-order valence-corrected chi connectivity index (χ2v) is 7.05. The van der Waals surface area contributed by atoms with Gasteiger partial charge < -0.3 is 16.0 Å². The van der Waals surface area contributed by atoms with E-state index in [4.69, 9.17) is 0 Å². The van der Waals surface area contributed by atoms with Gasteiger partial charge in [0.15, 0.2) is 5.96 Å². The van der Waals surface area contributed by atoms with E-state index in [1.54, 1.807) is 7.05 Å². The molecule has 152 valence electrons. The summed E-state index contributed by atoms with van der Waals surface area (Å²) < 4.78 is 1.89. The highest BCUT2D eigenvalue weighted by atomic mass is 16.1.